The average Bonchev–Trinajstić information content (AvgIpc) is 2.75. The van der Waals surface area contributed by atoms with Gasteiger partial charge < -0.3 is 4.90 Å². The summed E-state index contributed by atoms with van der Waals surface area (Å²) in [6, 6.07) is 0.0364. The van der Waals surface area contributed by atoms with Crippen LogP contribution < -0.4 is 5.32 Å². The number of hydrogen-bond acceptors (Lipinski definition) is 2. The van der Waals surface area contributed by atoms with Crippen molar-refractivity contribution in [2.24, 2.45) is 23.2 Å². The summed E-state index contributed by atoms with van der Waals surface area (Å²) in [5, 5.41) is 3.56. The van der Waals surface area contributed by atoms with Crippen LogP contribution in [0.15, 0.2) is 0 Å². The molecule has 19 heavy (non-hydrogen) atoms. The largest absolute Gasteiger partial charge is 0.325 e. The lowest BCUT2D eigenvalue weighted by Crippen LogP contribution is -2.42. The molecular weight excluding hydrogens is 236 g/mol. The SMILES string of the molecule is CC(C)CC1NC(C(C)C)N(CC2CC2(C)C)C1=O. The van der Waals surface area contributed by atoms with Gasteiger partial charge in [-0.15, -0.1) is 0 Å². The van der Waals surface area contributed by atoms with E-state index in [1.807, 2.05) is 0 Å². The van der Waals surface area contributed by atoms with Crippen molar-refractivity contribution in [3.05, 3.63) is 0 Å². The fourth-order valence-electron chi connectivity index (χ4n) is 3.23. The first-order valence-electron chi connectivity index (χ1n) is 7.79. The van der Waals surface area contributed by atoms with Crippen LogP contribution in [0, 0.1) is 23.2 Å². The van der Waals surface area contributed by atoms with Crippen LogP contribution in [0.2, 0.25) is 0 Å². The number of nitrogens with one attached hydrogen (secondary N) is 1. The Morgan fingerprint density at radius 2 is 1.89 bits per heavy atom. The van der Waals surface area contributed by atoms with Crippen molar-refractivity contribution < 1.29 is 4.79 Å². The normalized spacial score (nSPS) is 33.6. The Balaban J connectivity index is 2.03. The zero-order valence-electron chi connectivity index (χ0n) is 13.4. The predicted octanol–water partition coefficient (Wildman–Crippen LogP) is 2.86. The average molecular weight is 266 g/mol. The Morgan fingerprint density at radius 3 is 2.32 bits per heavy atom. The summed E-state index contributed by atoms with van der Waals surface area (Å²) in [4.78, 5) is 14.7. The van der Waals surface area contributed by atoms with Gasteiger partial charge in [0.15, 0.2) is 0 Å². The fraction of sp³-hybridized carbons (Fsp3) is 0.938. The Labute approximate surface area is 118 Å². The summed E-state index contributed by atoms with van der Waals surface area (Å²) in [5.74, 6) is 2.06. The molecule has 0 radical (unpaired) electrons. The molecule has 2 aliphatic rings. The highest BCUT2D eigenvalue weighted by Gasteiger charge is 2.50. The molecule has 1 heterocycles. The first-order valence-corrected chi connectivity index (χ1v) is 7.79. The standard InChI is InChI=1S/C16H30N2O/c1-10(2)7-13-15(19)18(14(17-13)11(3)4)9-12-8-16(12,5)6/h10-14,17H,7-9H2,1-6H3. The van der Waals surface area contributed by atoms with Gasteiger partial charge in [0.2, 0.25) is 5.91 Å². The van der Waals surface area contributed by atoms with Crippen LogP contribution in [0.3, 0.4) is 0 Å². The highest BCUT2D eigenvalue weighted by Crippen LogP contribution is 2.52. The Hall–Kier alpha value is -0.570. The van der Waals surface area contributed by atoms with Crippen molar-refractivity contribution in [2.45, 2.75) is 66.6 Å². The van der Waals surface area contributed by atoms with E-state index in [1.54, 1.807) is 0 Å². The van der Waals surface area contributed by atoms with Gasteiger partial charge in [-0.25, -0.2) is 0 Å². The Morgan fingerprint density at radius 1 is 1.32 bits per heavy atom. The predicted molar refractivity (Wildman–Crippen MR) is 78.6 cm³/mol. The molecule has 0 bridgehead atoms. The molecule has 1 aliphatic carbocycles. The van der Waals surface area contributed by atoms with Gasteiger partial charge in [0.1, 0.15) is 0 Å². The first kappa shape index (κ1) is 14.8. The van der Waals surface area contributed by atoms with E-state index >= 15 is 0 Å². The lowest BCUT2D eigenvalue weighted by atomic mass is 10.0. The highest BCUT2D eigenvalue weighted by atomic mass is 16.2. The third-order valence-electron chi connectivity index (χ3n) is 4.76. The van der Waals surface area contributed by atoms with Gasteiger partial charge in [-0.1, -0.05) is 41.5 Å². The monoisotopic (exact) mass is 266 g/mol. The third kappa shape index (κ3) is 3.13. The molecule has 2 rings (SSSR count). The minimum absolute atomic E-state index is 0.0364. The molecule has 1 aliphatic heterocycles. The van der Waals surface area contributed by atoms with E-state index in [1.165, 1.54) is 6.42 Å². The van der Waals surface area contributed by atoms with Crippen molar-refractivity contribution in [1.29, 1.82) is 0 Å². The second-order valence-corrected chi connectivity index (χ2v) is 7.92. The molecule has 1 saturated carbocycles. The maximum absolute atomic E-state index is 12.6. The van der Waals surface area contributed by atoms with Crippen LogP contribution in [-0.2, 0) is 4.79 Å². The second kappa shape index (κ2) is 5.08. The number of carbonyl (C=O) groups excluding carboxylic acids is 1. The minimum Gasteiger partial charge on any atom is -0.325 e. The van der Waals surface area contributed by atoms with E-state index in [4.69, 9.17) is 0 Å². The molecule has 0 aromatic heterocycles. The van der Waals surface area contributed by atoms with Gasteiger partial charge in [-0.2, -0.15) is 0 Å². The second-order valence-electron chi connectivity index (χ2n) is 7.92. The van der Waals surface area contributed by atoms with Gasteiger partial charge in [0, 0.05) is 6.54 Å². The molecular formula is C16H30N2O. The molecule has 2 fully saturated rings. The molecule has 3 unspecified atom stereocenters. The zero-order chi connectivity index (χ0) is 14.4. The smallest absolute Gasteiger partial charge is 0.241 e. The quantitative estimate of drug-likeness (QED) is 0.830. The lowest BCUT2D eigenvalue weighted by Gasteiger charge is -2.27. The van der Waals surface area contributed by atoms with Crippen molar-refractivity contribution in [2.75, 3.05) is 6.54 Å². The Kier molecular flexibility index (Phi) is 3.97. The van der Waals surface area contributed by atoms with E-state index in [0.29, 0.717) is 29.1 Å². The summed E-state index contributed by atoms with van der Waals surface area (Å²) >= 11 is 0. The van der Waals surface area contributed by atoms with Crippen LogP contribution in [0.25, 0.3) is 0 Å². The molecule has 1 N–H and O–H groups in total. The molecule has 1 saturated heterocycles. The molecule has 0 aromatic rings. The molecule has 3 nitrogen and oxygen atoms in total. The third-order valence-corrected chi connectivity index (χ3v) is 4.76. The van der Waals surface area contributed by atoms with E-state index < -0.39 is 0 Å². The van der Waals surface area contributed by atoms with E-state index in [9.17, 15) is 4.79 Å². The van der Waals surface area contributed by atoms with Gasteiger partial charge in [-0.05, 0) is 36.0 Å². The number of rotatable bonds is 5. The van der Waals surface area contributed by atoms with Gasteiger partial charge >= 0.3 is 0 Å². The fourth-order valence-corrected chi connectivity index (χ4v) is 3.23. The van der Waals surface area contributed by atoms with E-state index in [0.717, 1.165) is 13.0 Å². The van der Waals surface area contributed by atoms with Crippen molar-refractivity contribution in [3.8, 4) is 0 Å². The van der Waals surface area contributed by atoms with Crippen LogP contribution in [-0.4, -0.2) is 29.6 Å². The molecule has 1 amide bonds. The lowest BCUT2D eigenvalue weighted by molar-refractivity contribution is -0.131. The number of carbonyl (C=O) groups is 1. The minimum atomic E-state index is 0.0364. The van der Waals surface area contributed by atoms with Crippen LogP contribution in [0.5, 0.6) is 0 Å². The number of nitrogens with zero attached hydrogens (tertiary/aromatic N) is 1. The van der Waals surface area contributed by atoms with Crippen molar-refractivity contribution >= 4 is 5.91 Å². The summed E-state index contributed by atoms with van der Waals surface area (Å²) < 4.78 is 0. The zero-order valence-corrected chi connectivity index (χ0v) is 13.4. The topological polar surface area (TPSA) is 32.3 Å². The van der Waals surface area contributed by atoms with Crippen LogP contribution in [0.1, 0.15) is 54.4 Å². The van der Waals surface area contributed by atoms with E-state index in [2.05, 4.69) is 51.8 Å². The Bertz CT molecular complexity index is 349. The number of amides is 1. The van der Waals surface area contributed by atoms with Gasteiger partial charge in [-0.3, -0.25) is 10.1 Å². The van der Waals surface area contributed by atoms with Crippen molar-refractivity contribution in [3.63, 3.8) is 0 Å². The molecule has 0 spiro atoms. The first-order chi connectivity index (χ1) is 8.72. The van der Waals surface area contributed by atoms with Crippen molar-refractivity contribution in [1.82, 2.24) is 10.2 Å². The summed E-state index contributed by atoms with van der Waals surface area (Å²) in [7, 11) is 0. The number of hydrogen-bond donors (Lipinski definition) is 1. The van der Waals surface area contributed by atoms with Crippen LogP contribution >= 0.6 is 0 Å². The highest BCUT2D eigenvalue weighted by molar-refractivity contribution is 5.84. The van der Waals surface area contributed by atoms with Crippen LogP contribution in [0.4, 0.5) is 0 Å². The molecule has 3 heteroatoms. The molecule has 0 aromatic carbocycles. The summed E-state index contributed by atoms with van der Waals surface area (Å²) in [5.41, 5.74) is 0.442. The molecule has 3 atom stereocenters. The molecule has 110 valence electrons. The van der Waals surface area contributed by atoms with Gasteiger partial charge in [0.25, 0.3) is 0 Å². The summed E-state index contributed by atoms with van der Waals surface area (Å²) in [6.45, 7) is 14.3. The van der Waals surface area contributed by atoms with Gasteiger partial charge in [0.05, 0.1) is 12.2 Å². The maximum Gasteiger partial charge on any atom is 0.241 e. The maximum atomic E-state index is 12.6. The summed E-state index contributed by atoms with van der Waals surface area (Å²) in [6.07, 6.45) is 2.44. The van der Waals surface area contributed by atoms with E-state index in [-0.39, 0.29) is 12.2 Å².